The molecule has 1 aliphatic rings. The second-order valence-corrected chi connectivity index (χ2v) is 5.88. The summed E-state index contributed by atoms with van der Waals surface area (Å²) in [6.07, 6.45) is 1.99. The van der Waals surface area contributed by atoms with E-state index in [1.54, 1.807) is 12.1 Å². The fourth-order valence-corrected chi connectivity index (χ4v) is 2.89. The maximum Gasteiger partial charge on any atom is 0.128 e. The van der Waals surface area contributed by atoms with Gasteiger partial charge in [-0.25, -0.2) is 4.39 Å². The number of hydrogen-bond donors (Lipinski definition) is 1. The smallest absolute Gasteiger partial charge is 0.128 e. The van der Waals surface area contributed by atoms with Crippen molar-refractivity contribution < 1.29 is 9.13 Å². The van der Waals surface area contributed by atoms with Gasteiger partial charge < -0.3 is 10.5 Å². The van der Waals surface area contributed by atoms with Crippen molar-refractivity contribution in [3.05, 3.63) is 63.4 Å². The third kappa shape index (κ3) is 2.58. The molecule has 0 bridgehead atoms. The largest absolute Gasteiger partial charge is 0.493 e. The van der Waals surface area contributed by atoms with Crippen molar-refractivity contribution in [3.8, 4) is 5.75 Å². The highest BCUT2D eigenvalue weighted by Crippen LogP contribution is 2.31. The van der Waals surface area contributed by atoms with Crippen LogP contribution < -0.4 is 10.5 Å². The van der Waals surface area contributed by atoms with Crippen molar-refractivity contribution in [1.29, 1.82) is 0 Å². The molecular weight excluding hydrogens is 321 g/mol. The Morgan fingerprint density at radius 2 is 2.05 bits per heavy atom. The fraction of sp³-hybridized carbons (Fsp3) is 0.250. The number of halogens is 2. The SMILES string of the molecule is NC(c1ccc2c(c1)CCCO2)c1cc(Br)ccc1F. The van der Waals surface area contributed by atoms with Gasteiger partial charge in [0.1, 0.15) is 11.6 Å². The maximum absolute atomic E-state index is 13.9. The third-order valence-corrected chi connectivity index (χ3v) is 4.08. The minimum atomic E-state index is -0.472. The van der Waals surface area contributed by atoms with Crippen LogP contribution in [0.2, 0.25) is 0 Å². The summed E-state index contributed by atoms with van der Waals surface area (Å²) in [6, 6.07) is 10.2. The Hall–Kier alpha value is -1.39. The molecule has 0 aliphatic carbocycles. The molecule has 2 nitrogen and oxygen atoms in total. The predicted molar refractivity (Wildman–Crippen MR) is 80.4 cm³/mol. The molecule has 1 atom stereocenters. The van der Waals surface area contributed by atoms with Crippen LogP contribution in [-0.4, -0.2) is 6.61 Å². The second kappa shape index (κ2) is 5.54. The van der Waals surface area contributed by atoms with Crippen LogP contribution in [0.25, 0.3) is 0 Å². The van der Waals surface area contributed by atoms with Crippen molar-refractivity contribution in [3.63, 3.8) is 0 Å². The topological polar surface area (TPSA) is 35.2 Å². The molecule has 1 unspecified atom stereocenters. The Kier molecular flexibility index (Phi) is 3.76. The number of benzene rings is 2. The van der Waals surface area contributed by atoms with Gasteiger partial charge in [-0.15, -0.1) is 0 Å². The molecule has 104 valence electrons. The van der Waals surface area contributed by atoms with Crippen LogP contribution in [0.5, 0.6) is 5.75 Å². The molecule has 0 saturated carbocycles. The molecule has 0 saturated heterocycles. The van der Waals surface area contributed by atoms with Gasteiger partial charge in [0.15, 0.2) is 0 Å². The summed E-state index contributed by atoms with van der Waals surface area (Å²) in [7, 11) is 0. The predicted octanol–water partition coefficient (Wildman–Crippen LogP) is 3.96. The first-order valence-corrected chi connectivity index (χ1v) is 7.40. The molecule has 1 heterocycles. The van der Waals surface area contributed by atoms with Gasteiger partial charge in [0.2, 0.25) is 0 Å². The zero-order valence-corrected chi connectivity index (χ0v) is 12.5. The molecule has 3 rings (SSSR count). The van der Waals surface area contributed by atoms with Crippen molar-refractivity contribution in [2.24, 2.45) is 5.73 Å². The standard InChI is InChI=1S/C16H15BrFNO/c17-12-4-5-14(18)13(9-12)16(19)11-3-6-15-10(8-11)2-1-7-20-15/h3-6,8-9,16H,1-2,7,19H2. The Labute approximate surface area is 125 Å². The lowest BCUT2D eigenvalue weighted by atomic mass is 9.95. The van der Waals surface area contributed by atoms with Crippen LogP contribution in [0.15, 0.2) is 40.9 Å². The van der Waals surface area contributed by atoms with Gasteiger partial charge in [-0.3, -0.25) is 0 Å². The zero-order chi connectivity index (χ0) is 14.1. The average molecular weight is 336 g/mol. The number of ether oxygens (including phenoxy) is 1. The highest BCUT2D eigenvalue weighted by Gasteiger charge is 2.17. The second-order valence-electron chi connectivity index (χ2n) is 4.96. The van der Waals surface area contributed by atoms with Crippen LogP contribution in [0.3, 0.4) is 0 Å². The van der Waals surface area contributed by atoms with Gasteiger partial charge in [-0.1, -0.05) is 28.1 Å². The van der Waals surface area contributed by atoms with E-state index in [0.29, 0.717) is 5.56 Å². The van der Waals surface area contributed by atoms with E-state index >= 15 is 0 Å². The van der Waals surface area contributed by atoms with Gasteiger partial charge in [0.05, 0.1) is 12.6 Å². The van der Waals surface area contributed by atoms with Crippen molar-refractivity contribution in [2.75, 3.05) is 6.61 Å². The molecule has 2 N–H and O–H groups in total. The minimum absolute atomic E-state index is 0.283. The summed E-state index contributed by atoms with van der Waals surface area (Å²) >= 11 is 3.36. The van der Waals surface area contributed by atoms with Crippen LogP contribution in [0.4, 0.5) is 4.39 Å². The number of rotatable bonds is 2. The summed E-state index contributed by atoms with van der Waals surface area (Å²) in [5, 5.41) is 0. The van der Waals surface area contributed by atoms with E-state index in [1.807, 2.05) is 18.2 Å². The molecule has 0 radical (unpaired) electrons. The van der Waals surface area contributed by atoms with E-state index in [1.165, 1.54) is 6.07 Å². The Morgan fingerprint density at radius 3 is 2.90 bits per heavy atom. The average Bonchev–Trinajstić information content (AvgIpc) is 2.48. The molecule has 0 amide bonds. The lowest BCUT2D eigenvalue weighted by Crippen LogP contribution is -2.15. The van der Waals surface area contributed by atoms with Gasteiger partial charge >= 0.3 is 0 Å². The molecule has 0 fully saturated rings. The van der Waals surface area contributed by atoms with Crippen LogP contribution in [-0.2, 0) is 6.42 Å². The summed E-state index contributed by atoms with van der Waals surface area (Å²) in [4.78, 5) is 0. The van der Waals surface area contributed by atoms with E-state index < -0.39 is 6.04 Å². The third-order valence-electron chi connectivity index (χ3n) is 3.58. The number of fused-ring (bicyclic) bond motifs is 1. The van der Waals surface area contributed by atoms with Crippen LogP contribution in [0.1, 0.15) is 29.2 Å². The molecule has 20 heavy (non-hydrogen) atoms. The Balaban J connectivity index is 1.97. The van der Waals surface area contributed by atoms with E-state index in [0.717, 1.165) is 40.8 Å². The fourth-order valence-electron chi connectivity index (χ4n) is 2.51. The molecule has 0 spiro atoms. The van der Waals surface area contributed by atoms with E-state index in [2.05, 4.69) is 15.9 Å². The summed E-state index contributed by atoms with van der Waals surface area (Å²) in [5.74, 6) is 0.636. The first kappa shape index (κ1) is 13.6. The van der Waals surface area contributed by atoms with Crippen molar-refractivity contribution >= 4 is 15.9 Å². The summed E-state index contributed by atoms with van der Waals surface area (Å²) in [6.45, 7) is 0.763. The molecule has 2 aromatic carbocycles. The molecular formula is C16H15BrFNO. The number of hydrogen-bond acceptors (Lipinski definition) is 2. The van der Waals surface area contributed by atoms with Gasteiger partial charge in [-0.05, 0) is 48.2 Å². The Morgan fingerprint density at radius 1 is 1.20 bits per heavy atom. The van der Waals surface area contributed by atoms with E-state index in [-0.39, 0.29) is 5.82 Å². The zero-order valence-electron chi connectivity index (χ0n) is 10.9. The van der Waals surface area contributed by atoms with Gasteiger partial charge in [0, 0.05) is 10.0 Å². The number of aryl methyl sites for hydroxylation is 1. The highest BCUT2D eigenvalue weighted by atomic mass is 79.9. The molecule has 2 aromatic rings. The van der Waals surface area contributed by atoms with E-state index in [4.69, 9.17) is 10.5 Å². The van der Waals surface area contributed by atoms with Gasteiger partial charge in [0.25, 0.3) is 0 Å². The van der Waals surface area contributed by atoms with Gasteiger partial charge in [-0.2, -0.15) is 0 Å². The summed E-state index contributed by atoms with van der Waals surface area (Å²) in [5.41, 5.74) is 8.77. The van der Waals surface area contributed by atoms with Crippen LogP contribution in [0, 0.1) is 5.82 Å². The van der Waals surface area contributed by atoms with E-state index in [9.17, 15) is 4.39 Å². The Bertz CT molecular complexity index is 644. The normalized spacial score (nSPS) is 15.3. The monoisotopic (exact) mass is 335 g/mol. The van der Waals surface area contributed by atoms with Crippen molar-refractivity contribution in [2.45, 2.75) is 18.9 Å². The first-order chi connectivity index (χ1) is 9.65. The summed E-state index contributed by atoms with van der Waals surface area (Å²) < 4.78 is 20.3. The highest BCUT2D eigenvalue weighted by molar-refractivity contribution is 9.10. The van der Waals surface area contributed by atoms with Crippen molar-refractivity contribution in [1.82, 2.24) is 0 Å². The lowest BCUT2D eigenvalue weighted by molar-refractivity contribution is 0.288. The maximum atomic E-state index is 13.9. The number of nitrogens with two attached hydrogens (primary N) is 1. The quantitative estimate of drug-likeness (QED) is 0.901. The molecule has 0 aromatic heterocycles. The van der Waals surface area contributed by atoms with Crippen LogP contribution >= 0.6 is 15.9 Å². The molecule has 1 aliphatic heterocycles. The lowest BCUT2D eigenvalue weighted by Gasteiger charge is -2.20. The molecule has 4 heteroatoms. The minimum Gasteiger partial charge on any atom is -0.493 e. The first-order valence-electron chi connectivity index (χ1n) is 6.61.